The number of fused-ring (bicyclic) bond motifs is 1. The van der Waals surface area contributed by atoms with Gasteiger partial charge in [0.1, 0.15) is 11.5 Å². The molecular weight excluding hydrogens is 444 g/mol. The largest absolute Gasteiger partial charge is 0.457 e. The lowest BCUT2D eigenvalue weighted by atomic mass is 10.1. The van der Waals surface area contributed by atoms with Crippen LogP contribution in [0.4, 0.5) is 11.4 Å². The first kappa shape index (κ1) is 24.3. The van der Waals surface area contributed by atoms with Gasteiger partial charge in [-0.2, -0.15) is 0 Å². The summed E-state index contributed by atoms with van der Waals surface area (Å²) in [4.78, 5) is 10.7. The lowest BCUT2D eigenvalue weighted by molar-refractivity contribution is 0.290. The highest BCUT2D eigenvalue weighted by Gasteiger charge is 2.18. The third-order valence-corrected chi connectivity index (χ3v) is 7.34. The van der Waals surface area contributed by atoms with Gasteiger partial charge in [-0.15, -0.1) is 0 Å². The molecule has 36 heavy (non-hydrogen) atoms. The van der Waals surface area contributed by atoms with Crippen molar-refractivity contribution in [1.82, 2.24) is 9.88 Å². The number of aryl methyl sites for hydroxylation is 1. The lowest BCUT2D eigenvalue weighted by Gasteiger charge is -2.26. The van der Waals surface area contributed by atoms with Gasteiger partial charge in [0, 0.05) is 73.8 Å². The summed E-state index contributed by atoms with van der Waals surface area (Å²) in [5.41, 5.74) is 6.31. The van der Waals surface area contributed by atoms with E-state index >= 15 is 0 Å². The van der Waals surface area contributed by atoms with Gasteiger partial charge in [-0.05, 0) is 75.2 Å². The average Bonchev–Trinajstić information content (AvgIpc) is 3.15. The molecule has 2 heterocycles. The van der Waals surface area contributed by atoms with E-state index in [1.165, 1.54) is 40.6 Å². The molecule has 0 bridgehead atoms. The van der Waals surface area contributed by atoms with Crippen molar-refractivity contribution in [2.45, 2.75) is 26.2 Å². The topological polar surface area (TPSA) is 34.7 Å². The normalized spacial score (nSPS) is 14.7. The smallest absolute Gasteiger partial charge is 0.132 e. The third-order valence-electron chi connectivity index (χ3n) is 7.34. The molecule has 3 aromatic carbocycles. The van der Waals surface area contributed by atoms with E-state index in [2.05, 4.69) is 101 Å². The fourth-order valence-electron chi connectivity index (χ4n) is 5.28. The summed E-state index contributed by atoms with van der Waals surface area (Å²) in [6.07, 6.45) is 5.68. The fraction of sp³-hybridized carbons (Fsp3) is 0.355. The lowest BCUT2D eigenvalue weighted by Crippen LogP contribution is -2.31. The third kappa shape index (κ3) is 5.52. The Balaban J connectivity index is 1.19. The number of para-hydroxylation sites is 1. The van der Waals surface area contributed by atoms with Crippen LogP contribution in [0.15, 0.2) is 72.9 Å². The van der Waals surface area contributed by atoms with Gasteiger partial charge in [0.15, 0.2) is 0 Å². The van der Waals surface area contributed by atoms with Crippen LogP contribution < -0.4 is 14.5 Å². The van der Waals surface area contributed by atoms with Crippen molar-refractivity contribution in [3.05, 3.63) is 84.1 Å². The van der Waals surface area contributed by atoms with Crippen LogP contribution in [0.3, 0.4) is 0 Å². The summed E-state index contributed by atoms with van der Waals surface area (Å²) in [7, 11) is 4.10. The van der Waals surface area contributed by atoms with Crippen molar-refractivity contribution >= 4 is 22.3 Å². The molecule has 0 atom stereocenters. The van der Waals surface area contributed by atoms with E-state index in [0.29, 0.717) is 0 Å². The minimum Gasteiger partial charge on any atom is -0.457 e. The Morgan fingerprint density at radius 2 is 1.78 bits per heavy atom. The predicted octanol–water partition coefficient (Wildman–Crippen LogP) is 6.48. The highest BCUT2D eigenvalue weighted by molar-refractivity contribution is 5.83. The summed E-state index contributed by atoms with van der Waals surface area (Å²) in [6, 6.07) is 23.3. The Bertz CT molecular complexity index is 1290. The SMILES string of the molecule is Cc1c(Oc2cccc(N(C)C)c2)cccc1N1CCCN(CCCc2c[nH]c3ccccc23)CC1. The van der Waals surface area contributed by atoms with Crippen molar-refractivity contribution in [2.75, 3.05) is 56.6 Å². The van der Waals surface area contributed by atoms with Crippen molar-refractivity contribution in [2.24, 2.45) is 0 Å². The molecule has 1 aliphatic rings. The average molecular weight is 483 g/mol. The van der Waals surface area contributed by atoms with Crippen molar-refractivity contribution in [3.63, 3.8) is 0 Å². The molecule has 1 aliphatic heterocycles. The van der Waals surface area contributed by atoms with Gasteiger partial charge in [-0.1, -0.05) is 30.3 Å². The Morgan fingerprint density at radius 1 is 0.917 bits per heavy atom. The molecule has 1 N–H and O–H groups in total. The number of aromatic amines is 1. The number of H-pyrrole nitrogens is 1. The maximum absolute atomic E-state index is 6.34. The molecule has 5 heteroatoms. The van der Waals surface area contributed by atoms with Gasteiger partial charge >= 0.3 is 0 Å². The zero-order valence-corrected chi connectivity index (χ0v) is 21.8. The van der Waals surface area contributed by atoms with Crippen LogP contribution in [0.1, 0.15) is 24.0 Å². The fourth-order valence-corrected chi connectivity index (χ4v) is 5.28. The van der Waals surface area contributed by atoms with E-state index in [1.807, 2.05) is 12.1 Å². The summed E-state index contributed by atoms with van der Waals surface area (Å²) >= 11 is 0. The Morgan fingerprint density at radius 3 is 2.67 bits per heavy atom. The second-order valence-corrected chi connectivity index (χ2v) is 10.0. The van der Waals surface area contributed by atoms with Crippen LogP contribution in [-0.2, 0) is 6.42 Å². The molecule has 5 nitrogen and oxygen atoms in total. The molecule has 188 valence electrons. The molecule has 0 aliphatic carbocycles. The first-order valence-corrected chi connectivity index (χ1v) is 13.2. The molecule has 1 aromatic heterocycles. The maximum Gasteiger partial charge on any atom is 0.132 e. The standard InChI is InChI=1S/C31H38N4O/c1-24-30(15-7-16-31(24)36-27-12-6-11-26(22-27)33(2)3)35-19-9-18-34(20-21-35)17-8-10-25-23-32-29-14-5-4-13-28(25)29/h4-7,11-16,22-23,32H,8-10,17-21H2,1-3H3. The second-order valence-electron chi connectivity index (χ2n) is 10.0. The Hall–Kier alpha value is -3.44. The van der Waals surface area contributed by atoms with Gasteiger partial charge in [0.2, 0.25) is 0 Å². The molecule has 1 saturated heterocycles. The molecule has 1 fully saturated rings. The first-order chi connectivity index (χ1) is 17.6. The number of hydrogen-bond donors (Lipinski definition) is 1. The zero-order chi connectivity index (χ0) is 24.9. The van der Waals surface area contributed by atoms with Crippen LogP contribution in [0.2, 0.25) is 0 Å². The number of hydrogen-bond acceptors (Lipinski definition) is 4. The number of nitrogens with zero attached hydrogens (tertiary/aromatic N) is 3. The number of benzene rings is 3. The minimum absolute atomic E-state index is 0.874. The van der Waals surface area contributed by atoms with E-state index in [1.54, 1.807) is 0 Å². The number of ether oxygens (including phenoxy) is 1. The van der Waals surface area contributed by atoms with Gasteiger partial charge in [0.25, 0.3) is 0 Å². The maximum atomic E-state index is 6.34. The van der Waals surface area contributed by atoms with E-state index in [-0.39, 0.29) is 0 Å². The van der Waals surface area contributed by atoms with Crippen LogP contribution in [0.25, 0.3) is 10.9 Å². The molecule has 0 unspecified atom stereocenters. The van der Waals surface area contributed by atoms with Gasteiger partial charge in [-0.3, -0.25) is 0 Å². The molecule has 0 spiro atoms. The van der Waals surface area contributed by atoms with Crippen molar-refractivity contribution in [1.29, 1.82) is 0 Å². The molecule has 0 radical (unpaired) electrons. The highest BCUT2D eigenvalue weighted by atomic mass is 16.5. The van der Waals surface area contributed by atoms with Crippen LogP contribution in [0.5, 0.6) is 11.5 Å². The van der Waals surface area contributed by atoms with Crippen LogP contribution in [0, 0.1) is 6.92 Å². The second kappa shape index (κ2) is 11.1. The van der Waals surface area contributed by atoms with Gasteiger partial charge in [0.05, 0.1) is 0 Å². The van der Waals surface area contributed by atoms with Crippen molar-refractivity contribution < 1.29 is 4.74 Å². The minimum atomic E-state index is 0.874. The molecule has 4 aromatic rings. The Kier molecular flexibility index (Phi) is 7.47. The molecule has 0 saturated carbocycles. The van der Waals surface area contributed by atoms with Crippen LogP contribution >= 0.6 is 0 Å². The van der Waals surface area contributed by atoms with E-state index < -0.39 is 0 Å². The quantitative estimate of drug-likeness (QED) is 0.312. The molecule has 5 rings (SSSR count). The van der Waals surface area contributed by atoms with Crippen molar-refractivity contribution in [3.8, 4) is 11.5 Å². The molecular formula is C31H38N4O. The van der Waals surface area contributed by atoms with Crippen LogP contribution in [-0.4, -0.2) is 56.7 Å². The summed E-state index contributed by atoms with van der Waals surface area (Å²) in [5.74, 6) is 1.81. The van der Waals surface area contributed by atoms with Gasteiger partial charge in [-0.25, -0.2) is 0 Å². The van der Waals surface area contributed by atoms with E-state index in [9.17, 15) is 0 Å². The van der Waals surface area contributed by atoms with E-state index in [4.69, 9.17) is 4.74 Å². The monoisotopic (exact) mass is 482 g/mol. The number of aromatic nitrogens is 1. The number of nitrogens with one attached hydrogen (secondary N) is 1. The Labute approximate surface area is 215 Å². The number of rotatable bonds is 8. The number of anilines is 2. The van der Waals surface area contributed by atoms with Gasteiger partial charge < -0.3 is 24.4 Å². The van der Waals surface area contributed by atoms with E-state index in [0.717, 1.165) is 56.3 Å². The highest BCUT2D eigenvalue weighted by Crippen LogP contribution is 2.33. The molecule has 0 amide bonds. The summed E-state index contributed by atoms with van der Waals surface area (Å²) in [6.45, 7) is 7.73. The first-order valence-electron chi connectivity index (χ1n) is 13.2. The zero-order valence-electron chi connectivity index (χ0n) is 21.8. The summed E-state index contributed by atoms with van der Waals surface area (Å²) in [5, 5.41) is 1.37. The predicted molar refractivity (Wildman–Crippen MR) is 152 cm³/mol. The summed E-state index contributed by atoms with van der Waals surface area (Å²) < 4.78 is 6.34.